The van der Waals surface area contributed by atoms with Crippen LogP contribution >= 0.6 is 0 Å². The monoisotopic (exact) mass is 235 g/mol. The van der Waals surface area contributed by atoms with E-state index in [4.69, 9.17) is 10.5 Å². The predicted octanol–water partition coefficient (Wildman–Crippen LogP) is 3.71. The van der Waals surface area contributed by atoms with E-state index in [0.29, 0.717) is 5.92 Å². The zero-order valence-corrected chi connectivity index (χ0v) is 11.1. The highest BCUT2D eigenvalue weighted by Gasteiger charge is 1.99. The summed E-state index contributed by atoms with van der Waals surface area (Å²) in [5.74, 6) is 1.56. The lowest BCUT2D eigenvalue weighted by Gasteiger charge is -2.08. The molecule has 0 aromatic heterocycles. The molecule has 0 radical (unpaired) electrons. The van der Waals surface area contributed by atoms with Gasteiger partial charge in [0.1, 0.15) is 5.75 Å². The number of nitrogens with two attached hydrogens (primary N) is 1. The third-order valence-corrected chi connectivity index (χ3v) is 2.91. The van der Waals surface area contributed by atoms with E-state index in [0.717, 1.165) is 31.7 Å². The lowest BCUT2D eigenvalue weighted by Crippen LogP contribution is -2.00. The van der Waals surface area contributed by atoms with Gasteiger partial charge in [-0.25, -0.2) is 0 Å². The smallest absolute Gasteiger partial charge is 0.119 e. The van der Waals surface area contributed by atoms with E-state index in [1.165, 1.54) is 18.4 Å². The van der Waals surface area contributed by atoms with Crippen LogP contribution in [0, 0.1) is 0 Å². The normalized spacial score (nSPS) is 10.8. The van der Waals surface area contributed by atoms with Gasteiger partial charge in [-0.2, -0.15) is 0 Å². The Bertz CT molecular complexity index is 292. The van der Waals surface area contributed by atoms with Crippen molar-refractivity contribution in [1.82, 2.24) is 0 Å². The molecule has 0 saturated carbocycles. The van der Waals surface area contributed by atoms with E-state index >= 15 is 0 Å². The average Bonchev–Trinajstić information content (AvgIpc) is 2.34. The number of rotatable bonds is 8. The van der Waals surface area contributed by atoms with Gasteiger partial charge in [0.15, 0.2) is 0 Å². The highest BCUT2D eigenvalue weighted by molar-refractivity contribution is 5.28. The van der Waals surface area contributed by atoms with Crippen molar-refractivity contribution in [2.24, 2.45) is 5.73 Å². The number of hydrogen-bond donors (Lipinski definition) is 1. The first kappa shape index (κ1) is 14.0. The van der Waals surface area contributed by atoms with Crippen LogP contribution in [0.5, 0.6) is 5.75 Å². The van der Waals surface area contributed by atoms with Gasteiger partial charge in [-0.3, -0.25) is 0 Å². The van der Waals surface area contributed by atoms with Gasteiger partial charge < -0.3 is 10.5 Å². The molecular weight excluding hydrogens is 210 g/mol. The maximum Gasteiger partial charge on any atom is 0.119 e. The summed E-state index contributed by atoms with van der Waals surface area (Å²) in [5, 5.41) is 0. The molecule has 2 N–H and O–H groups in total. The summed E-state index contributed by atoms with van der Waals surface area (Å²) in [6.45, 7) is 6.02. The van der Waals surface area contributed by atoms with Gasteiger partial charge in [0, 0.05) is 0 Å². The van der Waals surface area contributed by atoms with Gasteiger partial charge in [0.25, 0.3) is 0 Å². The lowest BCUT2D eigenvalue weighted by molar-refractivity contribution is 0.304. The molecule has 2 heteroatoms. The fourth-order valence-corrected chi connectivity index (χ4v) is 1.74. The molecule has 17 heavy (non-hydrogen) atoms. The van der Waals surface area contributed by atoms with Crippen molar-refractivity contribution in [3.8, 4) is 5.75 Å². The Morgan fingerprint density at radius 2 is 1.65 bits per heavy atom. The van der Waals surface area contributed by atoms with Crippen LogP contribution in [0.3, 0.4) is 0 Å². The maximum atomic E-state index is 5.69. The Morgan fingerprint density at radius 3 is 2.24 bits per heavy atom. The highest BCUT2D eigenvalue weighted by atomic mass is 16.5. The van der Waals surface area contributed by atoms with Crippen LogP contribution in [0.4, 0.5) is 0 Å². The van der Waals surface area contributed by atoms with Crippen molar-refractivity contribution in [3.05, 3.63) is 29.8 Å². The van der Waals surface area contributed by atoms with E-state index in [1.807, 2.05) is 0 Å². The molecule has 0 unspecified atom stereocenters. The zero-order valence-electron chi connectivity index (χ0n) is 11.1. The molecule has 0 spiro atoms. The van der Waals surface area contributed by atoms with E-state index < -0.39 is 0 Å². The minimum absolute atomic E-state index is 0.584. The summed E-state index contributed by atoms with van der Waals surface area (Å²) in [6, 6.07) is 8.42. The van der Waals surface area contributed by atoms with Crippen LogP contribution in [0.2, 0.25) is 0 Å². The fourth-order valence-electron chi connectivity index (χ4n) is 1.74. The minimum Gasteiger partial charge on any atom is -0.494 e. The van der Waals surface area contributed by atoms with Crippen LogP contribution in [-0.2, 0) is 0 Å². The third kappa shape index (κ3) is 5.73. The van der Waals surface area contributed by atoms with Crippen LogP contribution in [0.1, 0.15) is 51.0 Å². The van der Waals surface area contributed by atoms with E-state index in [9.17, 15) is 0 Å². The van der Waals surface area contributed by atoms with Crippen molar-refractivity contribution in [2.75, 3.05) is 13.2 Å². The first-order valence-electron chi connectivity index (χ1n) is 6.67. The molecule has 0 heterocycles. The number of benzene rings is 1. The lowest BCUT2D eigenvalue weighted by atomic mass is 10.0. The summed E-state index contributed by atoms with van der Waals surface area (Å²) in [5.41, 5.74) is 6.80. The van der Waals surface area contributed by atoms with E-state index in [2.05, 4.69) is 38.1 Å². The molecule has 0 fully saturated rings. The van der Waals surface area contributed by atoms with Gasteiger partial charge in [-0.1, -0.05) is 38.8 Å². The molecule has 0 atom stereocenters. The summed E-state index contributed by atoms with van der Waals surface area (Å²) in [7, 11) is 0. The fraction of sp³-hybridized carbons (Fsp3) is 0.600. The van der Waals surface area contributed by atoms with Crippen molar-refractivity contribution in [2.45, 2.75) is 45.4 Å². The summed E-state index contributed by atoms with van der Waals surface area (Å²) < 4.78 is 5.69. The number of unbranched alkanes of at least 4 members (excludes halogenated alkanes) is 3. The van der Waals surface area contributed by atoms with Crippen LogP contribution < -0.4 is 10.5 Å². The standard InChI is InChI=1S/C15H25NO/c1-13(2)14-7-9-15(10-8-14)17-12-6-4-3-5-11-16/h7-10,13H,3-6,11-12,16H2,1-2H3. The average molecular weight is 235 g/mol. The molecule has 96 valence electrons. The van der Waals surface area contributed by atoms with Gasteiger partial charge >= 0.3 is 0 Å². The van der Waals surface area contributed by atoms with Crippen LogP contribution in [0.25, 0.3) is 0 Å². The molecule has 0 saturated heterocycles. The van der Waals surface area contributed by atoms with Gasteiger partial charge in [-0.15, -0.1) is 0 Å². The first-order valence-corrected chi connectivity index (χ1v) is 6.67. The summed E-state index contributed by atoms with van der Waals surface area (Å²) in [6.07, 6.45) is 4.67. The molecular formula is C15H25NO. The molecule has 0 bridgehead atoms. The van der Waals surface area contributed by atoms with Crippen molar-refractivity contribution >= 4 is 0 Å². The number of ether oxygens (including phenoxy) is 1. The minimum atomic E-state index is 0.584. The van der Waals surface area contributed by atoms with Gasteiger partial charge in [0.2, 0.25) is 0 Å². The van der Waals surface area contributed by atoms with E-state index in [1.54, 1.807) is 0 Å². The second kappa shape index (κ2) is 8.13. The molecule has 1 rings (SSSR count). The zero-order chi connectivity index (χ0) is 12.5. The Morgan fingerprint density at radius 1 is 1.00 bits per heavy atom. The van der Waals surface area contributed by atoms with Crippen molar-refractivity contribution in [1.29, 1.82) is 0 Å². The van der Waals surface area contributed by atoms with E-state index in [-0.39, 0.29) is 0 Å². The summed E-state index contributed by atoms with van der Waals surface area (Å²) >= 11 is 0. The molecule has 0 aliphatic rings. The Hall–Kier alpha value is -1.02. The topological polar surface area (TPSA) is 35.2 Å². The third-order valence-electron chi connectivity index (χ3n) is 2.91. The Kier molecular flexibility index (Phi) is 6.71. The second-order valence-corrected chi connectivity index (χ2v) is 4.78. The molecule has 0 aliphatic heterocycles. The number of hydrogen-bond acceptors (Lipinski definition) is 2. The summed E-state index contributed by atoms with van der Waals surface area (Å²) in [4.78, 5) is 0. The van der Waals surface area contributed by atoms with Crippen molar-refractivity contribution in [3.63, 3.8) is 0 Å². The largest absolute Gasteiger partial charge is 0.494 e. The van der Waals surface area contributed by atoms with Gasteiger partial charge in [0.05, 0.1) is 6.61 Å². The Balaban J connectivity index is 2.19. The van der Waals surface area contributed by atoms with Crippen molar-refractivity contribution < 1.29 is 4.74 Å². The molecule has 1 aromatic rings. The van der Waals surface area contributed by atoms with Gasteiger partial charge in [-0.05, 0) is 43.0 Å². The van der Waals surface area contributed by atoms with Crippen LogP contribution in [0.15, 0.2) is 24.3 Å². The predicted molar refractivity (Wildman–Crippen MR) is 73.5 cm³/mol. The second-order valence-electron chi connectivity index (χ2n) is 4.78. The molecule has 1 aromatic carbocycles. The molecule has 2 nitrogen and oxygen atoms in total. The highest BCUT2D eigenvalue weighted by Crippen LogP contribution is 2.18. The quantitative estimate of drug-likeness (QED) is 0.697. The SMILES string of the molecule is CC(C)c1ccc(OCCCCCCN)cc1. The molecule has 0 aliphatic carbocycles. The Labute approximate surface area is 105 Å². The first-order chi connectivity index (χ1) is 8.24. The van der Waals surface area contributed by atoms with Crippen LogP contribution in [-0.4, -0.2) is 13.2 Å². The molecule has 0 amide bonds. The maximum absolute atomic E-state index is 5.69.